The zero-order chi connectivity index (χ0) is 15.2. The van der Waals surface area contributed by atoms with Gasteiger partial charge in [-0.15, -0.1) is 0 Å². The SMILES string of the molecule is CC(C)CC(C)(C(C)C)C(O)OC1CCCCCCC1. The molecule has 0 aromatic heterocycles. The van der Waals surface area contributed by atoms with Crippen LogP contribution in [-0.2, 0) is 4.74 Å². The number of hydrogen-bond donors (Lipinski definition) is 1. The zero-order valence-electron chi connectivity index (χ0n) is 14.3. The molecule has 0 heterocycles. The molecule has 0 saturated heterocycles. The summed E-state index contributed by atoms with van der Waals surface area (Å²) in [6, 6.07) is 0. The van der Waals surface area contributed by atoms with Crippen molar-refractivity contribution in [3.63, 3.8) is 0 Å². The summed E-state index contributed by atoms with van der Waals surface area (Å²) in [5, 5.41) is 10.7. The largest absolute Gasteiger partial charge is 0.367 e. The van der Waals surface area contributed by atoms with Gasteiger partial charge in [-0.05, 0) is 31.1 Å². The summed E-state index contributed by atoms with van der Waals surface area (Å²) in [5.41, 5.74) is -0.142. The highest BCUT2D eigenvalue weighted by molar-refractivity contribution is 4.83. The van der Waals surface area contributed by atoms with Gasteiger partial charge in [0.2, 0.25) is 0 Å². The van der Waals surface area contributed by atoms with Crippen molar-refractivity contribution in [1.82, 2.24) is 0 Å². The van der Waals surface area contributed by atoms with Crippen LogP contribution in [0.5, 0.6) is 0 Å². The first-order valence-electron chi connectivity index (χ1n) is 8.69. The number of hydrogen-bond acceptors (Lipinski definition) is 2. The monoisotopic (exact) mass is 284 g/mol. The molecule has 1 saturated carbocycles. The van der Waals surface area contributed by atoms with Gasteiger partial charge in [-0.2, -0.15) is 0 Å². The minimum atomic E-state index is -0.630. The summed E-state index contributed by atoms with van der Waals surface area (Å²) in [5.74, 6) is 1.01. The normalized spacial score (nSPS) is 23.4. The lowest BCUT2D eigenvalue weighted by Crippen LogP contribution is -2.42. The van der Waals surface area contributed by atoms with Crippen LogP contribution in [0.25, 0.3) is 0 Å². The van der Waals surface area contributed by atoms with Crippen LogP contribution in [0.1, 0.15) is 86.0 Å². The molecule has 0 amide bonds. The molecule has 2 atom stereocenters. The van der Waals surface area contributed by atoms with Crippen LogP contribution < -0.4 is 0 Å². The molecule has 0 bridgehead atoms. The Morgan fingerprint density at radius 2 is 1.50 bits per heavy atom. The highest BCUT2D eigenvalue weighted by Crippen LogP contribution is 2.39. The predicted molar refractivity (Wildman–Crippen MR) is 85.6 cm³/mol. The van der Waals surface area contributed by atoms with E-state index < -0.39 is 6.29 Å². The Morgan fingerprint density at radius 1 is 1.00 bits per heavy atom. The van der Waals surface area contributed by atoms with Crippen LogP contribution in [0.2, 0.25) is 0 Å². The lowest BCUT2D eigenvalue weighted by Gasteiger charge is -2.41. The molecule has 120 valence electrons. The second kappa shape index (κ2) is 8.38. The fourth-order valence-electron chi connectivity index (χ4n) is 3.39. The Morgan fingerprint density at radius 3 is 1.95 bits per heavy atom. The molecule has 2 nitrogen and oxygen atoms in total. The molecule has 1 fully saturated rings. The lowest BCUT2D eigenvalue weighted by atomic mass is 9.72. The highest BCUT2D eigenvalue weighted by Gasteiger charge is 2.38. The van der Waals surface area contributed by atoms with Crippen molar-refractivity contribution >= 4 is 0 Å². The Kier molecular flexibility index (Phi) is 7.53. The van der Waals surface area contributed by atoms with Gasteiger partial charge in [-0.1, -0.05) is 66.7 Å². The Balaban J connectivity index is 2.61. The van der Waals surface area contributed by atoms with Gasteiger partial charge in [0.1, 0.15) is 0 Å². The van der Waals surface area contributed by atoms with E-state index in [1.54, 1.807) is 0 Å². The Labute approximate surface area is 126 Å². The van der Waals surface area contributed by atoms with Crippen molar-refractivity contribution in [2.75, 3.05) is 0 Å². The third-order valence-electron chi connectivity index (χ3n) is 5.10. The fraction of sp³-hybridized carbons (Fsp3) is 1.00. The van der Waals surface area contributed by atoms with E-state index in [0.717, 1.165) is 19.3 Å². The van der Waals surface area contributed by atoms with Crippen molar-refractivity contribution in [3.8, 4) is 0 Å². The maximum Gasteiger partial charge on any atom is 0.160 e. The van der Waals surface area contributed by atoms with E-state index in [2.05, 4.69) is 34.6 Å². The molecule has 20 heavy (non-hydrogen) atoms. The number of rotatable bonds is 6. The second-order valence-electron chi connectivity index (χ2n) is 7.71. The molecule has 0 radical (unpaired) electrons. The molecular formula is C18H36O2. The van der Waals surface area contributed by atoms with Crippen LogP contribution in [-0.4, -0.2) is 17.5 Å². The first-order chi connectivity index (χ1) is 9.36. The smallest absolute Gasteiger partial charge is 0.160 e. The topological polar surface area (TPSA) is 29.5 Å². The fourth-order valence-corrected chi connectivity index (χ4v) is 3.39. The van der Waals surface area contributed by atoms with Crippen molar-refractivity contribution in [3.05, 3.63) is 0 Å². The Bertz CT molecular complexity index is 254. The van der Waals surface area contributed by atoms with Crippen LogP contribution in [0, 0.1) is 17.3 Å². The molecule has 1 rings (SSSR count). The molecule has 2 unspecified atom stereocenters. The first-order valence-corrected chi connectivity index (χ1v) is 8.69. The molecule has 0 aliphatic heterocycles. The minimum Gasteiger partial charge on any atom is -0.367 e. The maximum absolute atomic E-state index is 10.7. The van der Waals surface area contributed by atoms with Gasteiger partial charge in [0, 0.05) is 5.41 Å². The van der Waals surface area contributed by atoms with Gasteiger partial charge in [0.25, 0.3) is 0 Å². The van der Waals surface area contributed by atoms with E-state index >= 15 is 0 Å². The van der Waals surface area contributed by atoms with Crippen molar-refractivity contribution < 1.29 is 9.84 Å². The van der Waals surface area contributed by atoms with Crippen LogP contribution in [0.15, 0.2) is 0 Å². The summed E-state index contributed by atoms with van der Waals surface area (Å²) in [7, 11) is 0. The number of ether oxygens (including phenoxy) is 1. The van der Waals surface area contributed by atoms with E-state index in [1.807, 2.05) is 0 Å². The molecule has 2 heteroatoms. The minimum absolute atomic E-state index is 0.142. The van der Waals surface area contributed by atoms with Gasteiger partial charge in [-0.3, -0.25) is 0 Å². The predicted octanol–water partition coefficient (Wildman–Crippen LogP) is 5.14. The van der Waals surface area contributed by atoms with Gasteiger partial charge >= 0.3 is 0 Å². The molecule has 1 N–H and O–H groups in total. The third kappa shape index (κ3) is 5.37. The quantitative estimate of drug-likeness (QED) is 0.684. The molecule has 0 aromatic carbocycles. The summed E-state index contributed by atoms with van der Waals surface area (Å²) >= 11 is 0. The van der Waals surface area contributed by atoms with Crippen LogP contribution in [0.3, 0.4) is 0 Å². The average Bonchev–Trinajstić information content (AvgIpc) is 2.30. The van der Waals surface area contributed by atoms with Crippen LogP contribution >= 0.6 is 0 Å². The highest BCUT2D eigenvalue weighted by atomic mass is 16.6. The van der Waals surface area contributed by atoms with E-state index in [9.17, 15) is 5.11 Å². The average molecular weight is 284 g/mol. The molecule has 1 aliphatic rings. The van der Waals surface area contributed by atoms with Crippen molar-refractivity contribution in [1.29, 1.82) is 0 Å². The van der Waals surface area contributed by atoms with E-state index in [1.165, 1.54) is 32.1 Å². The number of aliphatic hydroxyl groups is 1. The summed E-state index contributed by atoms with van der Waals surface area (Å²) < 4.78 is 6.11. The van der Waals surface area contributed by atoms with Gasteiger partial charge in [-0.25, -0.2) is 0 Å². The third-order valence-corrected chi connectivity index (χ3v) is 5.10. The molecular weight excluding hydrogens is 248 g/mol. The van der Waals surface area contributed by atoms with E-state index in [4.69, 9.17) is 4.74 Å². The standard InChI is InChI=1S/C18H36O2/c1-14(2)13-18(5,15(3)4)17(19)20-16-11-9-7-6-8-10-12-16/h14-17,19H,6-13H2,1-5H3. The van der Waals surface area contributed by atoms with E-state index in [-0.39, 0.29) is 11.5 Å². The second-order valence-corrected chi connectivity index (χ2v) is 7.71. The van der Waals surface area contributed by atoms with Crippen molar-refractivity contribution in [2.24, 2.45) is 17.3 Å². The molecule has 0 spiro atoms. The molecule has 1 aliphatic carbocycles. The Hall–Kier alpha value is -0.0800. The lowest BCUT2D eigenvalue weighted by molar-refractivity contribution is -0.216. The van der Waals surface area contributed by atoms with E-state index in [0.29, 0.717) is 11.8 Å². The van der Waals surface area contributed by atoms with Gasteiger partial charge in [0.15, 0.2) is 6.29 Å². The maximum atomic E-state index is 10.7. The van der Waals surface area contributed by atoms with Gasteiger partial charge in [0.05, 0.1) is 6.10 Å². The summed E-state index contributed by atoms with van der Waals surface area (Å²) in [6.45, 7) is 11.0. The number of aliphatic hydroxyl groups excluding tert-OH is 1. The van der Waals surface area contributed by atoms with Gasteiger partial charge < -0.3 is 9.84 Å². The van der Waals surface area contributed by atoms with Crippen molar-refractivity contribution in [2.45, 2.75) is 98.4 Å². The molecule has 0 aromatic rings. The first kappa shape index (κ1) is 18.0. The summed E-state index contributed by atoms with van der Waals surface area (Å²) in [4.78, 5) is 0. The summed E-state index contributed by atoms with van der Waals surface area (Å²) in [6.07, 6.45) is 9.39. The van der Waals surface area contributed by atoms with Crippen LogP contribution in [0.4, 0.5) is 0 Å². The zero-order valence-corrected chi connectivity index (χ0v) is 14.3.